The number of ether oxygens (including phenoxy) is 4. The fourth-order valence-electron chi connectivity index (χ4n) is 2.82. The minimum atomic E-state index is -0.146. The zero-order valence-corrected chi connectivity index (χ0v) is 19.0. The number of aromatic nitrogens is 1. The van der Waals surface area contributed by atoms with E-state index in [1.807, 2.05) is 5.38 Å². The molecule has 3 aromatic rings. The first-order chi connectivity index (χ1) is 15.0. The van der Waals surface area contributed by atoms with E-state index >= 15 is 0 Å². The number of hydrogen-bond acceptors (Lipinski definition) is 7. The van der Waals surface area contributed by atoms with Crippen LogP contribution in [0.1, 0.15) is 16.3 Å². The number of hydrogen-bond donors (Lipinski definition) is 1. The summed E-state index contributed by atoms with van der Waals surface area (Å²) in [7, 11) is 4.68. The van der Waals surface area contributed by atoms with E-state index in [4.69, 9.17) is 30.5 Å². The van der Waals surface area contributed by atoms with Crippen LogP contribution in [0.5, 0.6) is 23.0 Å². The second-order valence-electron chi connectivity index (χ2n) is 6.45. The largest absolute Gasteiger partial charge is 0.496 e. The molecule has 1 N–H and O–H groups in total. The monoisotopic (exact) mass is 462 g/mol. The van der Waals surface area contributed by atoms with Crippen molar-refractivity contribution in [3.05, 3.63) is 63.1 Å². The Kier molecular flexibility index (Phi) is 7.97. The minimum absolute atomic E-state index is 0.146. The van der Waals surface area contributed by atoms with Gasteiger partial charge in [-0.2, -0.15) is 0 Å². The fourth-order valence-corrected chi connectivity index (χ4v) is 3.65. The van der Waals surface area contributed by atoms with Gasteiger partial charge in [0.05, 0.1) is 33.4 Å². The molecule has 0 aliphatic rings. The Morgan fingerprint density at radius 2 is 1.71 bits per heavy atom. The Labute approximate surface area is 189 Å². The van der Waals surface area contributed by atoms with E-state index in [0.29, 0.717) is 46.9 Å². The molecule has 3 rings (SSSR count). The van der Waals surface area contributed by atoms with Gasteiger partial charge in [0.25, 0.3) is 0 Å². The first-order valence-electron chi connectivity index (χ1n) is 9.39. The summed E-state index contributed by atoms with van der Waals surface area (Å²) in [5.41, 5.74) is 1.47. The summed E-state index contributed by atoms with van der Waals surface area (Å²) in [5.74, 6) is 2.30. The van der Waals surface area contributed by atoms with Crippen LogP contribution < -0.4 is 24.3 Å². The maximum atomic E-state index is 12.4. The molecule has 9 heteroatoms. The smallest absolute Gasteiger partial charge is 0.226 e. The van der Waals surface area contributed by atoms with E-state index in [9.17, 15) is 4.79 Å². The maximum Gasteiger partial charge on any atom is 0.226 e. The van der Waals surface area contributed by atoms with Crippen LogP contribution >= 0.6 is 22.9 Å². The van der Waals surface area contributed by atoms with Crippen molar-refractivity contribution >= 4 is 28.8 Å². The Hall–Kier alpha value is -2.97. The zero-order valence-electron chi connectivity index (χ0n) is 17.4. The molecule has 0 atom stereocenters. The van der Waals surface area contributed by atoms with Gasteiger partial charge in [0.1, 0.15) is 23.1 Å². The van der Waals surface area contributed by atoms with Crippen LogP contribution in [0.3, 0.4) is 0 Å². The molecule has 0 aliphatic heterocycles. The number of carbonyl (C=O) groups is 1. The van der Waals surface area contributed by atoms with Crippen LogP contribution in [-0.4, -0.2) is 32.2 Å². The molecule has 2 aromatic carbocycles. The number of carbonyl (C=O) groups excluding carboxylic acids is 1. The van der Waals surface area contributed by atoms with E-state index in [0.717, 1.165) is 10.6 Å². The summed E-state index contributed by atoms with van der Waals surface area (Å²) in [6.07, 6.45) is 0.174. The zero-order chi connectivity index (χ0) is 22.2. The van der Waals surface area contributed by atoms with Crippen molar-refractivity contribution in [2.24, 2.45) is 0 Å². The molecule has 7 nitrogen and oxygen atoms in total. The lowest BCUT2D eigenvalue weighted by molar-refractivity contribution is -0.120. The second kappa shape index (κ2) is 10.9. The van der Waals surface area contributed by atoms with Gasteiger partial charge in [-0.3, -0.25) is 4.79 Å². The molecule has 0 radical (unpaired) electrons. The number of methoxy groups -OCH3 is 3. The third kappa shape index (κ3) is 6.26. The fraction of sp³-hybridized carbons (Fsp3) is 0.273. The van der Waals surface area contributed by atoms with Crippen molar-refractivity contribution < 1.29 is 23.7 Å². The van der Waals surface area contributed by atoms with Gasteiger partial charge in [0, 0.05) is 28.6 Å². The minimum Gasteiger partial charge on any atom is -0.496 e. The lowest BCUT2D eigenvalue weighted by atomic mass is 10.1. The highest BCUT2D eigenvalue weighted by Crippen LogP contribution is 2.34. The first-order valence-corrected chi connectivity index (χ1v) is 10.7. The molecule has 1 aromatic heterocycles. The predicted octanol–water partition coefficient (Wildman–Crippen LogP) is 4.26. The third-order valence-electron chi connectivity index (χ3n) is 4.38. The van der Waals surface area contributed by atoms with Crippen molar-refractivity contribution in [1.29, 1.82) is 0 Å². The van der Waals surface area contributed by atoms with Crippen LogP contribution in [0.25, 0.3) is 0 Å². The SMILES string of the molecule is COc1cc(OC)c(OC)cc1CNC(=O)Cc1csc(COc2ccc(Cl)cc2)n1. The topological polar surface area (TPSA) is 78.9 Å². The highest BCUT2D eigenvalue weighted by Gasteiger charge is 2.14. The van der Waals surface area contributed by atoms with Crippen molar-refractivity contribution in [1.82, 2.24) is 10.3 Å². The van der Waals surface area contributed by atoms with Crippen molar-refractivity contribution in [3.8, 4) is 23.0 Å². The number of halogens is 1. The Morgan fingerprint density at radius 3 is 2.39 bits per heavy atom. The molecule has 0 saturated carbocycles. The van der Waals surface area contributed by atoms with Crippen molar-refractivity contribution in [3.63, 3.8) is 0 Å². The van der Waals surface area contributed by atoms with Crippen LogP contribution in [0.4, 0.5) is 0 Å². The molecule has 164 valence electrons. The van der Waals surface area contributed by atoms with Crippen LogP contribution in [-0.2, 0) is 24.4 Å². The van der Waals surface area contributed by atoms with Gasteiger partial charge in [-0.25, -0.2) is 4.98 Å². The highest BCUT2D eigenvalue weighted by molar-refractivity contribution is 7.09. The van der Waals surface area contributed by atoms with Crippen LogP contribution in [0, 0.1) is 0 Å². The van der Waals surface area contributed by atoms with E-state index in [-0.39, 0.29) is 12.3 Å². The summed E-state index contributed by atoms with van der Waals surface area (Å²) < 4.78 is 21.7. The van der Waals surface area contributed by atoms with E-state index in [1.165, 1.54) is 11.3 Å². The summed E-state index contributed by atoms with van der Waals surface area (Å²) in [6.45, 7) is 0.621. The molecule has 31 heavy (non-hydrogen) atoms. The highest BCUT2D eigenvalue weighted by atomic mass is 35.5. The average Bonchev–Trinajstić information content (AvgIpc) is 3.23. The summed E-state index contributed by atoms with van der Waals surface area (Å²) in [6, 6.07) is 10.6. The summed E-state index contributed by atoms with van der Waals surface area (Å²) in [5, 5.41) is 6.19. The molecule has 0 aliphatic carbocycles. The Bertz CT molecular complexity index is 1020. The van der Waals surface area contributed by atoms with Gasteiger partial charge < -0.3 is 24.3 Å². The van der Waals surface area contributed by atoms with E-state index < -0.39 is 0 Å². The van der Waals surface area contributed by atoms with Crippen LogP contribution in [0.15, 0.2) is 41.8 Å². The van der Waals surface area contributed by atoms with Crippen molar-refractivity contribution in [2.75, 3.05) is 21.3 Å². The van der Waals surface area contributed by atoms with Gasteiger partial charge in [-0.05, 0) is 30.3 Å². The molecule has 0 spiro atoms. The van der Waals surface area contributed by atoms with Crippen molar-refractivity contribution in [2.45, 2.75) is 19.6 Å². The number of amides is 1. The number of thiazole rings is 1. The average molecular weight is 463 g/mol. The molecule has 0 fully saturated rings. The number of nitrogens with one attached hydrogen (secondary N) is 1. The third-order valence-corrected chi connectivity index (χ3v) is 5.50. The lowest BCUT2D eigenvalue weighted by Crippen LogP contribution is -2.25. The number of rotatable bonds is 10. The lowest BCUT2D eigenvalue weighted by Gasteiger charge is -2.14. The first kappa shape index (κ1) is 22.7. The normalized spacial score (nSPS) is 10.5. The van der Waals surface area contributed by atoms with Gasteiger partial charge in [-0.15, -0.1) is 11.3 Å². The summed E-state index contributed by atoms with van der Waals surface area (Å²) in [4.78, 5) is 16.9. The quantitative estimate of drug-likeness (QED) is 0.485. The molecule has 1 amide bonds. The van der Waals surface area contributed by atoms with Gasteiger partial charge in [0.2, 0.25) is 5.91 Å². The summed E-state index contributed by atoms with van der Waals surface area (Å²) >= 11 is 7.32. The molecule has 0 unspecified atom stereocenters. The number of nitrogens with zero attached hydrogens (tertiary/aromatic N) is 1. The van der Waals surface area contributed by atoms with E-state index in [2.05, 4.69) is 10.3 Å². The maximum absolute atomic E-state index is 12.4. The Balaban J connectivity index is 1.54. The predicted molar refractivity (Wildman–Crippen MR) is 120 cm³/mol. The van der Waals surface area contributed by atoms with Gasteiger partial charge in [-0.1, -0.05) is 11.6 Å². The number of benzene rings is 2. The van der Waals surface area contributed by atoms with Gasteiger partial charge >= 0.3 is 0 Å². The Morgan fingerprint density at radius 1 is 1.03 bits per heavy atom. The molecular formula is C22H23ClN2O5S. The van der Waals surface area contributed by atoms with Gasteiger partial charge in [0.15, 0.2) is 11.5 Å². The molecule has 0 bridgehead atoms. The van der Waals surface area contributed by atoms with E-state index in [1.54, 1.807) is 57.7 Å². The molecule has 0 saturated heterocycles. The van der Waals surface area contributed by atoms with Crippen LogP contribution in [0.2, 0.25) is 5.02 Å². The second-order valence-corrected chi connectivity index (χ2v) is 7.83. The standard InChI is InChI=1S/C22H23ClN2O5S/c1-27-18-10-20(29-3)19(28-2)8-14(18)11-24-21(26)9-16-13-31-22(25-16)12-30-17-6-4-15(23)5-7-17/h4-8,10,13H,9,11-12H2,1-3H3,(H,24,26). The molecular weight excluding hydrogens is 440 g/mol. The molecule has 1 heterocycles.